The van der Waals surface area contributed by atoms with Crippen molar-refractivity contribution in [3.05, 3.63) is 60.3 Å². The van der Waals surface area contributed by atoms with Gasteiger partial charge in [-0.1, -0.05) is 0 Å². The fourth-order valence-electron chi connectivity index (χ4n) is 3.10. The number of hydrogen-bond acceptors (Lipinski definition) is 6. The average molecular weight is 380 g/mol. The van der Waals surface area contributed by atoms with Gasteiger partial charge in [0.15, 0.2) is 0 Å². The van der Waals surface area contributed by atoms with Crippen LogP contribution >= 0.6 is 0 Å². The van der Waals surface area contributed by atoms with Crippen molar-refractivity contribution in [1.82, 2.24) is 15.0 Å². The van der Waals surface area contributed by atoms with Crippen LogP contribution in [0.25, 0.3) is 11.3 Å². The lowest BCUT2D eigenvalue weighted by Gasteiger charge is -2.24. The predicted molar refractivity (Wildman–Crippen MR) is 104 cm³/mol. The van der Waals surface area contributed by atoms with E-state index in [-0.39, 0.29) is 6.10 Å². The molecule has 4 rings (SSSR count). The SMILES string of the molecule is Cc1cc(-c2ccnc(Nc3cncc(F)c3)n2)ccc1OC1CCOCC1. The molecule has 7 heteroatoms. The molecule has 144 valence electrons. The number of ether oxygens (including phenoxy) is 2. The van der Waals surface area contributed by atoms with Crippen LogP contribution < -0.4 is 10.1 Å². The minimum atomic E-state index is -0.420. The molecule has 1 fully saturated rings. The average Bonchev–Trinajstić information content (AvgIpc) is 2.71. The third kappa shape index (κ3) is 4.43. The van der Waals surface area contributed by atoms with Crippen LogP contribution in [-0.4, -0.2) is 34.3 Å². The highest BCUT2D eigenvalue weighted by atomic mass is 19.1. The number of nitrogens with zero attached hydrogens (tertiary/aromatic N) is 3. The Hall–Kier alpha value is -3.06. The summed E-state index contributed by atoms with van der Waals surface area (Å²) in [6, 6.07) is 9.19. The number of pyridine rings is 1. The molecule has 1 aliphatic heterocycles. The molecule has 1 aliphatic rings. The van der Waals surface area contributed by atoms with Crippen LogP contribution in [0.15, 0.2) is 48.9 Å². The second-order valence-electron chi connectivity index (χ2n) is 6.69. The summed E-state index contributed by atoms with van der Waals surface area (Å²) in [5.74, 6) is 0.843. The first-order valence-corrected chi connectivity index (χ1v) is 9.23. The zero-order valence-corrected chi connectivity index (χ0v) is 15.6. The number of aryl methyl sites for hydroxylation is 1. The fraction of sp³-hybridized carbons (Fsp3) is 0.286. The number of nitrogens with one attached hydrogen (secondary N) is 1. The first-order chi connectivity index (χ1) is 13.7. The topological polar surface area (TPSA) is 69.2 Å². The molecule has 3 aromatic rings. The molecular formula is C21H21FN4O2. The van der Waals surface area contributed by atoms with E-state index in [1.807, 2.05) is 31.2 Å². The van der Waals surface area contributed by atoms with Crippen molar-refractivity contribution >= 4 is 11.6 Å². The van der Waals surface area contributed by atoms with Crippen LogP contribution in [0.2, 0.25) is 0 Å². The van der Waals surface area contributed by atoms with E-state index in [4.69, 9.17) is 9.47 Å². The Kier molecular flexibility index (Phi) is 5.43. The fourth-order valence-corrected chi connectivity index (χ4v) is 3.10. The third-order valence-electron chi connectivity index (χ3n) is 4.55. The van der Waals surface area contributed by atoms with E-state index in [1.54, 1.807) is 6.20 Å². The summed E-state index contributed by atoms with van der Waals surface area (Å²) in [5, 5.41) is 2.97. The van der Waals surface area contributed by atoms with Gasteiger partial charge >= 0.3 is 0 Å². The van der Waals surface area contributed by atoms with Gasteiger partial charge in [-0.25, -0.2) is 14.4 Å². The van der Waals surface area contributed by atoms with Crippen LogP contribution in [0.3, 0.4) is 0 Å². The maximum atomic E-state index is 13.3. The van der Waals surface area contributed by atoms with Crippen molar-refractivity contribution < 1.29 is 13.9 Å². The molecule has 0 atom stereocenters. The molecule has 1 N–H and O–H groups in total. The molecule has 28 heavy (non-hydrogen) atoms. The van der Waals surface area contributed by atoms with Crippen LogP contribution in [0.1, 0.15) is 18.4 Å². The van der Waals surface area contributed by atoms with Crippen LogP contribution in [-0.2, 0) is 4.74 Å². The summed E-state index contributed by atoms with van der Waals surface area (Å²) in [4.78, 5) is 12.5. The summed E-state index contributed by atoms with van der Waals surface area (Å²) in [6.45, 7) is 3.52. The summed E-state index contributed by atoms with van der Waals surface area (Å²) in [6.07, 6.45) is 6.36. The van der Waals surface area contributed by atoms with E-state index in [9.17, 15) is 4.39 Å². The number of rotatable bonds is 5. The van der Waals surface area contributed by atoms with Gasteiger partial charge in [-0.05, 0) is 36.8 Å². The summed E-state index contributed by atoms with van der Waals surface area (Å²) in [7, 11) is 0. The highest BCUT2D eigenvalue weighted by Crippen LogP contribution is 2.28. The maximum Gasteiger partial charge on any atom is 0.227 e. The monoisotopic (exact) mass is 380 g/mol. The van der Waals surface area contributed by atoms with E-state index in [0.29, 0.717) is 11.6 Å². The highest BCUT2D eigenvalue weighted by Gasteiger charge is 2.16. The van der Waals surface area contributed by atoms with Gasteiger partial charge in [-0.3, -0.25) is 4.98 Å². The van der Waals surface area contributed by atoms with Crippen LogP contribution in [0.4, 0.5) is 16.0 Å². The lowest BCUT2D eigenvalue weighted by atomic mass is 10.1. The van der Waals surface area contributed by atoms with Crippen molar-refractivity contribution in [2.45, 2.75) is 25.9 Å². The number of hydrogen-bond donors (Lipinski definition) is 1. The second kappa shape index (κ2) is 8.31. The quantitative estimate of drug-likeness (QED) is 0.712. The van der Waals surface area contributed by atoms with Gasteiger partial charge in [-0.15, -0.1) is 0 Å². The van der Waals surface area contributed by atoms with Crippen LogP contribution in [0.5, 0.6) is 5.75 Å². The summed E-state index contributed by atoms with van der Waals surface area (Å²) < 4.78 is 24.8. The molecule has 0 saturated carbocycles. The minimum Gasteiger partial charge on any atom is -0.490 e. The van der Waals surface area contributed by atoms with E-state index >= 15 is 0 Å². The van der Waals surface area contributed by atoms with E-state index in [1.165, 1.54) is 12.3 Å². The first kappa shape index (κ1) is 18.3. The molecule has 1 aromatic carbocycles. The minimum absolute atomic E-state index is 0.202. The van der Waals surface area contributed by atoms with Crippen LogP contribution in [0, 0.1) is 12.7 Å². The van der Waals surface area contributed by atoms with Gasteiger partial charge < -0.3 is 14.8 Å². The Morgan fingerprint density at radius 1 is 1.14 bits per heavy atom. The standard InChI is InChI=1S/C21H21FN4O2/c1-14-10-15(2-3-20(14)28-18-5-8-27-9-6-18)19-4-7-24-21(26-19)25-17-11-16(22)12-23-13-17/h2-4,7,10-13,18H,5-6,8-9H2,1H3,(H,24,25,26). The predicted octanol–water partition coefficient (Wildman–Crippen LogP) is 4.29. The molecule has 3 heterocycles. The molecular weight excluding hydrogens is 359 g/mol. The lowest BCUT2D eigenvalue weighted by molar-refractivity contribution is 0.0253. The van der Waals surface area contributed by atoms with Crippen molar-refractivity contribution in [2.24, 2.45) is 0 Å². The zero-order valence-electron chi connectivity index (χ0n) is 15.6. The largest absolute Gasteiger partial charge is 0.490 e. The van der Waals surface area contributed by atoms with E-state index in [0.717, 1.165) is 54.8 Å². The van der Waals surface area contributed by atoms with E-state index in [2.05, 4.69) is 20.3 Å². The second-order valence-corrected chi connectivity index (χ2v) is 6.69. The molecule has 0 aliphatic carbocycles. The van der Waals surface area contributed by atoms with Gasteiger partial charge in [0.25, 0.3) is 0 Å². The summed E-state index contributed by atoms with van der Waals surface area (Å²) >= 11 is 0. The molecule has 0 spiro atoms. The molecule has 0 unspecified atom stereocenters. The van der Waals surface area contributed by atoms with Crippen molar-refractivity contribution in [1.29, 1.82) is 0 Å². The maximum absolute atomic E-state index is 13.3. The molecule has 6 nitrogen and oxygen atoms in total. The Morgan fingerprint density at radius 2 is 2.00 bits per heavy atom. The number of halogens is 1. The Morgan fingerprint density at radius 3 is 2.79 bits per heavy atom. The van der Waals surface area contributed by atoms with Gasteiger partial charge in [0.1, 0.15) is 17.7 Å². The smallest absolute Gasteiger partial charge is 0.227 e. The third-order valence-corrected chi connectivity index (χ3v) is 4.55. The molecule has 0 radical (unpaired) electrons. The Balaban J connectivity index is 1.51. The lowest BCUT2D eigenvalue weighted by Crippen LogP contribution is -2.26. The Labute approximate surface area is 162 Å². The number of aromatic nitrogens is 3. The van der Waals surface area contributed by atoms with Gasteiger partial charge in [-0.2, -0.15) is 0 Å². The number of benzene rings is 1. The van der Waals surface area contributed by atoms with Crippen molar-refractivity contribution in [3.63, 3.8) is 0 Å². The summed E-state index contributed by atoms with van der Waals surface area (Å²) in [5.41, 5.74) is 3.27. The van der Waals surface area contributed by atoms with Gasteiger partial charge in [0.2, 0.25) is 5.95 Å². The molecule has 0 amide bonds. The highest BCUT2D eigenvalue weighted by molar-refractivity contribution is 5.64. The van der Waals surface area contributed by atoms with Gasteiger partial charge in [0, 0.05) is 30.7 Å². The zero-order chi connectivity index (χ0) is 19.3. The van der Waals surface area contributed by atoms with Crippen molar-refractivity contribution in [3.8, 4) is 17.0 Å². The van der Waals surface area contributed by atoms with Gasteiger partial charge in [0.05, 0.1) is 37.0 Å². The molecule has 2 aromatic heterocycles. The normalized spacial score (nSPS) is 14.6. The van der Waals surface area contributed by atoms with Crippen molar-refractivity contribution in [2.75, 3.05) is 18.5 Å². The van der Waals surface area contributed by atoms with E-state index < -0.39 is 5.82 Å². The number of anilines is 2. The molecule has 0 bridgehead atoms. The first-order valence-electron chi connectivity index (χ1n) is 9.23. The molecule has 1 saturated heterocycles. The Bertz CT molecular complexity index is 961.